The van der Waals surface area contributed by atoms with Crippen molar-refractivity contribution in [2.45, 2.75) is 13.5 Å². The van der Waals surface area contributed by atoms with Crippen LogP contribution in [0.4, 0.5) is 0 Å². The lowest BCUT2D eigenvalue weighted by molar-refractivity contribution is -1.01. The summed E-state index contributed by atoms with van der Waals surface area (Å²) in [7, 11) is 2.22. The number of esters is 1. The molecule has 150 valence electrons. The number of aromatic nitrogens is 1. The van der Waals surface area contributed by atoms with Gasteiger partial charge in [0.15, 0.2) is 5.75 Å². The number of rotatable bonds is 4. The second-order valence-corrected chi connectivity index (χ2v) is 8.29. The van der Waals surface area contributed by atoms with E-state index >= 15 is 0 Å². The molecular weight excluding hydrogens is 386 g/mol. The number of benzene rings is 2. The number of hydrogen-bond acceptors (Lipinski definition) is 3. The van der Waals surface area contributed by atoms with Gasteiger partial charge in [0.2, 0.25) is 0 Å². The molecule has 29 heavy (non-hydrogen) atoms. The number of piperazine rings is 1. The number of halogens is 1. The minimum Gasteiger partial charge on any atom is -0.420 e. The van der Waals surface area contributed by atoms with E-state index in [0.29, 0.717) is 21.9 Å². The van der Waals surface area contributed by atoms with Crippen LogP contribution in [0.5, 0.6) is 5.75 Å². The molecular formula is C23H26ClN3O2+2. The summed E-state index contributed by atoms with van der Waals surface area (Å²) in [5.74, 6) is 0.146. The Labute approximate surface area is 175 Å². The highest BCUT2D eigenvalue weighted by molar-refractivity contribution is 6.35. The molecule has 0 aliphatic carbocycles. The van der Waals surface area contributed by atoms with Crippen LogP contribution in [0.15, 0.2) is 48.7 Å². The summed E-state index contributed by atoms with van der Waals surface area (Å²) in [5.41, 5.74) is 3.18. The molecule has 3 aromatic rings. The van der Waals surface area contributed by atoms with Crippen LogP contribution in [-0.4, -0.2) is 44.2 Å². The van der Waals surface area contributed by atoms with E-state index in [1.165, 1.54) is 4.90 Å². The molecule has 0 radical (unpaired) electrons. The highest BCUT2D eigenvalue weighted by Crippen LogP contribution is 2.34. The molecule has 0 unspecified atom stereocenters. The summed E-state index contributed by atoms with van der Waals surface area (Å²) < 4.78 is 5.92. The first-order valence-electron chi connectivity index (χ1n) is 10.0. The lowest BCUT2D eigenvalue weighted by Crippen LogP contribution is -3.26. The third kappa shape index (κ3) is 4.42. The summed E-state index contributed by atoms with van der Waals surface area (Å²) in [6, 6.07) is 13.1. The van der Waals surface area contributed by atoms with E-state index in [-0.39, 0.29) is 5.97 Å². The van der Waals surface area contributed by atoms with Gasteiger partial charge in [-0.05, 0) is 37.3 Å². The van der Waals surface area contributed by atoms with Gasteiger partial charge < -0.3 is 14.5 Å². The summed E-state index contributed by atoms with van der Waals surface area (Å²) >= 11 is 6.55. The summed E-state index contributed by atoms with van der Waals surface area (Å²) in [6.07, 6.45) is 1.71. The second kappa shape index (κ2) is 8.49. The van der Waals surface area contributed by atoms with Crippen LogP contribution in [-0.2, 0) is 6.54 Å². The number of nitrogens with zero attached hydrogens (tertiary/aromatic N) is 1. The third-order valence-electron chi connectivity index (χ3n) is 5.61. The molecule has 1 aliphatic heterocycles. The highest BCUT2D eigenvalue weighted by Gasteiger charge is 2.24. The maximum Gasteiger partial charge on any atom is 0.343 e. The Bertz CT molecular complexity index is 1030. The highest BCUT2D eigenvalue weighted by atomic mass is 35.5. The number of hydrogen-bond donors (Lipinski definition) is 2. The number of fused-ring (bicyclic) bond motifs is 1. The van der Waals surface area contributed by atoms with Crippen molar-refractivity contribution in [3.8, 4) is 5.75 Å². The maximum absolute atomic E-state index is 12.8. The zero-order valence-electron chi connectivity index (χ0n) is 16.8. The fourth-order valence-electron chi connectivity index (χ4n) is 3.79. The van der Waals surface area contributed by atoms with Gasteiger partial charge in [0.25, 0.3) is 0 Å². The quantitative estimate of drug-likeness (QED) is 0.503. The van der Waals surface area contributed by atoms with E-state index in [4.69, 9.17) is 16.3 Å². The lowest BCUT2D eigenvalue weighted by Gasteiger charge is -2.28. The van der Waals surface area contributed by atoms with Crippen molar-refractivity contribution < 1.29 is 19.3 Å². The average molecular weight is 412 g/mol. The Morgan fingerprint density at radius 2 is 1.86 bits per heavy atom. The van der Waals surface area contributed by atoms with E-state index in [2.05, 4.69) is 12.0 Å². The van der Waals surface area contributed by atoms with Crippen molar-refractivity contribution in [1.82, 2.24) is 4.98 Å². The summed E-state index contributed by atoms with van der Waals surface area (Å²) in [4.78, 5) is 20.4. The fourth-order valence-corrected chi connectivity index (χ4v) is 4.07. The molecule has 0 amide bonds. The van der Waals surface area contributed by atoms with E-state index in [1.54, 1.807) is 23.2 Å². The Hall–Kier alpha value is -2.47. The van der Waals surface area contributed by atoms with E-state index in [0.717, 1.165) is 49.2 Å². The molecule has 0 spiro atoms. The van der Waals surface area contributed by atoms with Gasteiger partial charge in [-0.2, -0.15) is 0 Å². The van der Waals surface area contributed by atoms with Gasteiger partial charge in [-0.3, -0.25) is 4.98 Å². The SMILES string of the molecule is Cc1ccc(C(=O)Oc2c(C[NH+]3CC[NH+](C)CC3)cc(Cl)c3cccnc23)cc1. The summed E-state index contributed by atoms with van der Waals surface area (Å²) in [6.45, 7) is 7.17. The largest absolute Gasteiger partial charge is 0.420 e. The number of aryl methyl sites for hydroxylation is 1. The molecule has 6 heteroatoms. The van der Waals surface area contributed by atoms with Gasteiger partial charge in [0.05, 0.1) is 23.2 Å². The molecule has 0 atom stereocenters. The monoisotopic (exact) mass is 411 g/mol. The minimum atomic E-state index is -0.377. The van der Waals surface area contributed by atoms with Crippen molar-refractivity contribution in [2.24, 2.45) is 0 Å². The van der Waals surface area contributed by atoms with Crippen LogP contribution in [0.1, 0.15) is 21.5 Å². The van der Waals surface area contributed by atoms with E-state index in [1.807, 2.05) is 37.3 Å². The number of carbonyl (C=O) groups excluding carboxylic acids is 1. The van der Waals surface area contributed by atoms with Crippen molar-refractivity contribution in [1.29, 1.82) is 0 Å². The zero-order chi connectivity index (χ0) is 20.4. The predicted octanol–water partition coefficient (Wildman–Crippen LogP) is 1.33. The first-order chi connectivity index (χ1) is 14.0. The summed E-state index contributed by atoms with van der Waals surface area (Å²) in [5, 5.41) is 1.43. The number of ether oxygens (including phenoxy) is 1. The Balaban J connectivity index is 1.70. The predicted molar refractivity (Wildman–Crippen MR) is 114 cm³/mol. The van der Waals surface area contributed by atoms with Crippen LogP contribution in [0.25, 0.3) is 10.9 Å². The molecule has 2 aromatic carbocycles. The van der Waals surface area contributed by atoms with Gasteiger partial charge in [-0.15, -0.1) is 0 Å². The fraction of sp³-hybridized carbons (Fsp3) is 0.304. The number of pyridine rings is 1. The number of quaternary nitrogens is 2. The van der Waals surface area contributed by atoms with Crippen molar-refractivity contribution >= 4 is 28.5 Å². The minimum absolute atomic E-state index is 0.377. The molecule has 1 aliphatic rings. The molecule has 1 saturated heterocycles. The van der Waals surface area contributed by atoms with Crippen LogP contribution in [0.3, 0.4) is 0 Å². The molecule has 2 heterocycles. The first kappa shape index (κ1) is 19.8. The molecule has 0 saturated carbocycles. The smallest absolute Gasteiger partial charge is 0.343 e. The van der Waals surface area contributed by atoms with Gasteiger partial charge >= 0.3 is 5.97 Å². The molecule has 5 nitrogen and oxygen atoms in total. The maximum atomic E-state index is 12.8. The van der Waals surface area contributed by atoms with Crippen LogP contribution in [0, 0.1) is 6.92 Å². The molecule has 0 bridgehead atoms. The first-order valence-corrected chi connectivity index (χ1v) is 10.4. The topological polar surface area (TPSA) is 48.1 Å². The van der Waals surface area contributed by atoms with E-state index < -0.39 is 0 Å². The average Bonchev–Trinajstić information content (AvgIpc) is 2.73. The van der Waals surface area contributed by atoms with Crippen molar-refractivity contribution in [3.63, 3.8) is 0 Å². The molecule has 4 rings (SSSR count). The van der Waals surface area contributed by atoms with Crippen LogP contribution < -0.4 is 14.5 Å². The van der Waals surface area contributed by atoms with Gasteiger partial charge in [-0.25, -0.2) is 4.79 Å². The Kier molecular flexibility index (Phi) is 5.81. The van der Waals surface area contributed by atoms with Gasteiger partial charge in [-0.1, -0.05) is 29.3 Å². The van der Waals surface area contributed by atoms with E-state index in [9.17, 15) is 4.79 Å². The van der Waals surface area contributed by atoms with Crippen molar-refractivity contribution in [3.05, 3.63) is 70.4 Å². The van der Waals surface area contributed by atoms with Crippen LogP contribution in [0.2, 0.25) is 5.02 Å². The third-order valence-corrected chi connectivity index (χ3v) is 5.92. The number of carbonyl (C=O) groups is 1. The molecule has 1 aromatic heterocycles. The standard InChI is InChI=1S/C23H24ClN3O2/c1-16-5-7-17(8-6-16)23(28)29-22-18(15-27-12-10-26(2)11-13-27)14-20(24)19-4-3-9-25-21(19)22/h3-9,14H,10-13,15H2,1-2H3/p+2. The Morgan fingerprint density at radius 1 is 1.14 bits per heavy atom. The van der Waals surface area contributed by atoms with Gasteiger partial charge in [0.1, 0.15) is 38.2 Å². The lowest BCUT2D eigenvalue weighted by atomic mass is 10.1. The van der Waals surface area contributed by atoms with Crippen molar-refractivity contribution in [2.75, 3.05) is 33.2 Å². The molecule has 1 fully saturated rings. The van der Waals surface area contributed by atoms with Crippen LogP contribution >= 0.6 is 11.6 Å². The zero-order valence-corrected chi connectivity index (χ0v) is 17.6. The normalized spacial score (nSPS) is 19.3. The number of nitrogens with one attached hydrogen (secondary N) is 2. The molecule has 2 N–H and O–H groups in total. The second-order valence-electron chi connectivity index (χ2n) is 7.89. The Morgan fingerprint density at radius 3 is 2.59 bits per heavy atom. The van der Waals surface area contributed by atoms with Gasteiger partial charge in [0, 0.05) is 11.6 Å². The number of likely N-dealkylation sites (N-methyl/N-ethyl adjacent to an activating group) is 1.